The molecule has 2 aromatic rings. The summed E-state index contributed by atoms with van der Waals surface area (Å²) in [5.41, 5.74) is 7.53. The van der Waals surface area contributed by atoms with Gasteiger partial charge in [-0.05, 0) is 37.6 Å². The summed E-state index contributed by atoms with van der Waals surface area (Å²) in [5.74, 6) is 1.36. The van der Waals surface area contributed by atoms with Crippen molar-refractivity contribution in [3.63, 3.8) is 0 Å². The van der Waals surface area contributed by atoms with Gasteiger partial charge in [-0.15, -0.1) is 0 Å². The zero-order valence-electron chi connectivity index (χ0n) is 11.5. The van der Waals surface area contributed by atoms with Gasteiger partial charge in [-0.2, -0.15) is 0 Å². The molecule has 2 N–H and O–H groups in total. The molecule has 0 aliphatic carbocycles. The van der Waals surface area contributed by atoms with E-state index in [9.17, 15) is 4.21 Å². The summed E-state index contributed by atoms with van der Waals surface area (Å²) in [6.45, 7) is 2.56. The van der Waals surface area contributed by atoms with E-state index < -0.39 is 10.8 Å². The van der Waals surface area contributed by atoms with Crippen molar-refractivity contribution in [2.75, 3.05) is 18.1 Å². The zero-order valence-corrected chi connectivity index (χ0v) is 12.4. The SMILES string of the molecule is Cc1ccc(S(=O)CCCOc2cccc(N)c2)cc1. The molecule has 106 valence electrons. The Bertz CT molecular complexity index is 581. The number of nitrogens with two attached hydrogens (primary N) is 1. The second-order valence-corrected chi connectivity index (χ2v) is 6.21. The number of rotatable bonds is 6. The van der Waals surface area contributed by atoms with Gasteiger partial charge in [0, 0.05) is 22.4 Å². The fourth-order valence-electron chi connectivity index (χ4n) is 1.79. The van der Waals surface area contributed by atoms with Gasteiger partial charge in [-0.1, -0.05) is 23.8 Å². The maximum atomic E-state index is 12.1. The first-order valence-corrected chi connectivity index (χ1v) is 7.90. The molecule has 0 spiro atoms. The van der Waals surface area contributed by atoms with E-state index in [4.69, 9.17) is 10.5 Å². The smallest absolute Gasteiger partial charge is 0.121 e. The molecule has 3 nitrogen and oxygen atoms in total. The number of benzene rings is 2. The molecule has 0 aliphatic heterocycles. The Morgan fingerprint density at radius 2 is 1.90 bits per heavy atom. The number of nitrogen functional groups attached to an aromatic ring is 1. The van der Waals surface area contributed by atoms with Gasteiger partial charge in [0.15, 0.2) is 0 Å². The van der Waals surface area contributed by atoms with Crippen LogP contribution in [0.3, 0.4) is 0 Å². The molecular weight excluding hydrogens is 270 g/mol. The Morgan fingerprint density at radius 1 is 1.15 bits per heavy atom. The van der Waals surface area contributed by atoms with Crippen LogP contribution in [0.5, 0.6) is 5.75 Å². The molecular formula is C16H19NO2S. The van der Waals surface area contributed by atoms with E-state index in [2.05, 4.69) is 0 Å². The third kappa shape index (κ3) is 4.38. The van der Waals surface area contributed by atoms with Crippen LogP contribution < -0.4 is 10.5 Å². The van der Waals surface area contributed by atoms with Crippen LogP contribution in [0.4, 0.5) is 5.69 Å². The van der Waals surface area contributed by atoms with Crippen molar-refractivity contribution in [3.05, 3.63) is 54.1 Å². The first-order chi connectivity index (χ1) is 9.65. The summed E-state index contributed by atoms with van der Waals surface area (Å²) in [4.78, 5) is 0.875. The summed E-state index contributed by atoms with van der Waals surface area (Å²) >= 11 is 0. The second-order valence-electron chi connectivity index (χ2n) is 4.64. The van der Waals surface area contributed by atoms with Crippen molar-refractivity contribution in [1.82, 2.24) is 0 Å². The topological polar surface area (TPSA) is 52.3 Å². The summed E-state index contributed by atoms with van der Waals surface area (Å²) in [6.07, 6.45) is 0.745. The molecule has 0 amide bonds. The number of anilines is 1. The molecule has 0 fully saturated rings. The summed E-state index contributed by atoms with van der Waals surface area (Å²) < 4.78 is 17.6. The molecule has 0 aromatic heterocycles. The Kier molecular flexibility index (Phi) is 5.18. The third-order valence-electron chi connectivity index (χ3n) is 2.88. The Labute approximate surface area is 122 Å². The Balaban J connectivity index is 1.76. The Hall–Kier alpha value is -1.81. The van der Waals surface area contributed by atoms with Crippen molar-refractivity contribution in [3.8, 4) is 5.75 Å². The van der Waals surface area contributed by atoms with E-state index in [1.54, 1.807) is 6.07 Å². The van der Waals surface area contributed by atoms with Crippen molar-refractivity contribution >= 4 is 16.5 Å². The maximum Gasteiger partial charge on any atom is 0.121 e. The highest BCUT2D eigenvalue weighted by atomic mass is 32.2. The van der Waals surface area contributed by atoms with Crippen molar-refractivity contribution in [2.24, 2.45) is 0 Å². The molecule has 0 bridgehead atoms. The van der Waals surface area contributed by atoms with E-state index in [-0.39, 0.29) is 0 Å². The van der Waals surface area contributed by atoms with Crippen LogP contribution in [0.1, 0.15) is 12.0 Å². The number of hydrogen-bond acceptors (Lipinski definition) is 3. The molecule has 2 rings (SSSR count). The van der Waals surface area contributed by atoms with E-state index in [1.165, 1.54) is 5.56 Å². The monoisotopic (exact) mass is 289 g/mol. The van der Waals surface area contributed by atoms with Gasteiger partial charge in [0.1, 0.15) is 5.75 Å². The van der Waals surface area contributed by atoms with Gasteiger partial charge in [0.25, 0.3) is 0 Å². The van der Waals surface area contributed by atoms with Crippen LogP contribution in [0.25, 0.3) is 0 Å². The minimum atomic E-state index is -0.959. The van der Waals surface area contributed by atoms with Gasteiger partial charge in [0.2, 0.25) is 0 Å². The van der Waals surface area contributed by atoms with E-state index >= 15 is 0 Å². The Morgan fingerprint density at radius 3 is 2.60 bits per heavy atom. The average molecular weight is 289 g/mol. The molecule has 0 saturated heterocycles. The van der Waals surface area contributed by atoms with Gasteiger partial charge in [-0.25, -0.2) is 0 Å². The molecule has 1 unspecified atom stereocenters. The first-order valence-electron chi connectivity index (χ1n) is 6.58. The minimum Gasteiger partial charge on any atom is -0.493 e. The molecule has 20 heavy (non-hydrogen) atoms. The number of aryl methyl sites for hydroxylation is 1. The summed E-state index contributed by atoms with van der Waals surface area (Å²) in [6, 6.07) is 15.1. The quantitative estimate of drug-likeness (QED) is 0.656. The first kappa shape index (κ1) is 14.6. The minimum absolute atomic E-state index is 0.543. The predicted molar refractivity (Wildman–Crippen MR) is 83.4 cm³/mol. The van der Waals surface area contributed by atoms with Crippen molar-refractivity contribution < 1.29 is 8.95 Å². The standard InChI is InChI=1S/C16H19NO2S/c1-13-6-8-16(9-7-13)20(18)11-3-10-19-15-5-2-4-14(17)12-15/h2,4-9,12H,3,10-11,17H2,1H3. The highest BCUT2D eigenvalue weighted by Gasteiger charge is 2.03. The molecule has 0 heterocycles. The van der Waals surface area contributed by atoms with Crippen LogP contribution in [0.2, 0.25) is 0 Å². The van der Waals surface area contributed by atoms with E-state index in [0.29, 0.717) is 18.0 Å². The van der Waals surface area contributed by atoms with Gasteiger partial charge < -0.3 is 10.5 Å². The predicted octanol–water partition coefficient (Wildman–Crippen LogP) is 3.15. The summed E-state index contributed by atoms with van der Waals surface area (Å²) in [7, 11) is -0.959. The zero-order chi connectivity index (χ0) is 14.4. The maximum absolute atomic E-state index is 12.1. The van der Waals surface area contributed by atoms with Crippen LogP contribution in [-0.4, -0.2) is 16.6 Å². The second kappa shape index (κ2) is 7.10. The van der Waals surface area contributed by atoms with E-state index in [0.717, 1.165) is 17.1 Å². The van der Waals surface area contributed by atoms with Crippen molar-refractivity contribution in [2.45, 2.75) is 18.2 Å². The number of ether oxygens (including phenoxy) is 1. The van der Waals surface area contributed by atoms with Crippen LogP contribution >= 0.6 is 0 Å². The van der Waals surface area contributed by atoms with Crippen LogP contribution in [0, 0.1) is 6.92 Å². The van der Waals surface area contributed by atoms with Crippen molar-refractivity contribution in [1.29, 1.82) is 0 Å². The fraction of sp³-hybridized carbons (Fsp3) is 0.250. The normalized spacial score (nSPS) is 12.1. The third-order valence-corrected chi connectivity index (χ3v) is 4.34. The number of hydrogen-bond donors (Lipinski definition) is 1. The van der Waals surface area contributed by atoms with Crippen LogP contribution in [-0.2, 0) is 10.8 Å². The largest absolute Gasteiger partial charge is 0.493 e. The van der Waals surface area contributed by atoms with E-state index in [1.807, 2.05) is 49.4 Å². The fourth-order valence-corrected chi connectivity index (χ4v) is 2.85. The molecule has 1 atom stereocenters. The van der Waals surface area contributed by atoms with Gasteiger partial charge in [0.05, 0.1) is 17.4 Å². The molecule has 2 aromatic carbocycles. The van der Waals surface area contributed by atoms with Gasteiger partial charge in [-0.3, -0.25) is 4.21 Å². The molecule has 4 heteroatoms. The lowest BCUT2D eigenvalue weighted by Crippen LogP contribution is -2.05. The highest BCUT2D eigenvalue weighted by molar-refractivity contribution is 7.85. The lowest BCUT2D eigenvalue weighted by Gasteiger charge is -2.07. The molecule has 0 saturated carbocycles. The highest BCUT2D eigenvalue weighted by Crippen LogP contribution is 2.15. The lowest BCUT2D eigenvalue weighted by atomic mass is 10.2. The molecule has 0 radical (unpaired) electrons. The lowest BCUT2D eigenvalue weighted by molar-refractivity contribution is 0.318. The molecule has 0 aliphatic rings. The summed E-state index contributed by atoms with van der Waals surface area (Å²) in [5, 5.41) is 0. The average Bonchev–Trinajstić information content (AvgIpc) is 2.44. The van der Waals surface area contributed by atoms with Gasteiger partial charge >= 0.3 is 0 Å². The van der Waals surface area contributed by atoms with Crippen LogP contribution in [0.15, 0.2) is 53.4 Å².